The van der Waals surface area contributed by atoms with Crippen LogP contribution in [0.4, 0.5) is 0 Å². The van der Waals surface area contributed by atoms with Gasteiger partial charge in [0.25, 0.3) is 0 Å². The lowest BCUT2D eigenvalue weighted by molar-refractivity contribution is -0.133. The van der Waals surface area contributed by atoms with E-state index < -0.39 is 5.97 Å². The molecule has 0 aliphatic heterocycles. The van der Waals surface area contributed by atoms with Crippen molar-refractivity contribution in [1.82, 2.24) is 14.5 Å². The molecule has 0 radical (unpaired) electrons. The second-order valence-electron chi connectivity index (χ2n) is 5.50. The van der Waals surface area contributed by atoms with Crippen molar-refractivity contribution in [3.63, 3.8) is 0 Å². The van der Waals surface area contributed by atoms with Gasteiger partial charge in [0.15, 0.2) is 5.16 Å². The number of hydrogen-bond acceptors (Lipinski definition) is 4. The maximum absolute atomic E-state index is 10.7. The zero-order valence-corrected chi connectivity index (χ0v) is 14.3. The lowest BCUT2D eigenvalue weighted by Gasteiger charge is -2.20. The van der Waals surface area contributed by atoms with Crippen molar-refractivity contribution >= 4 is 17.7 Å². The van der Waals surface area contributed by atoms with Crippen LogP contribution in [-0.2, 0) is 17.8 Å². The molecule has 5 nitrogen and oxygen atoms in total. The van der Waals surface area contributed by atoms with Crippen LogP contribution < -0.4 is 0 Å². The molecule has 0 aromatic carbocycles. The number of carbonyl (C=O) groups is 1. The largest absolute Gasteiger partial charge is 0.481 e. The van der Waals surface area contributed by atoms with Crippen molar-refractivity contribution in [2.75, 3.05) is 19.3 Å². The summed E-state index contributed by atoms with van der Waals surface area (Å²) in [6.07, 6.45) is 5.01. The number of carboxylic acid groups (broad SMARTS) is 1. The first-order valence-electron chi connectivity index (χ1n) is 7.55. The molecule has 0 saturated carbocycles. The molecule has 1 heterocycles. The second-order valence-corrected chi connectivity index (χ2v) is 6.44. The number of aryl methyl sites for hydroxylation is 1. The lowest BCUT2D eigenvalue weighted by atomic mass is 10.2. The summed E-state index contributed by atoms with van der Waals surface area (Å²) in [4.78, 5) is 17.4. The van der Waals surface area contributed by atoms with E-state index in [0.717, 1.165) is 37.5 Å². The summed E-state index contributed by atoms with van der Waals surface area (Å²) in [6, 6.07) is 0.575. The SMILES string of the molecule is CCc1cnc(SCC(=O)O)n1CCCCN(C)C(C)C. The van der Waals surface area contributed by atoms with E-state index in [1.807, 2.05) is 6.20 Å². The number of aliphatic carboxylic acids is 1. The minimum Gasteiger partial charge on any atom is -0.481 e. The molecule has 0 aliphatic carbocycles. The average Bonchev–Trinajstić information content (AvgIpc) is 2.82. The molecule has 1 aromatic heterocycles. The summed E-state index contributed by atoms with van der Waals surface area (Å²) in [7, 11) is 2.15. The molecule has 0 atom stereocenters. The van der Waals surface area contributed by atoms with Gasteiger partial charge in [-0.3, -0.25) is 4.79 Å². The van der Waals surface area contributed by atoms with Crippen molar-refractivity contribution in [2.45, 2.75) is 57.8 Å². The number of aromatic nitrogens is 2. The predicted octanol–water partition coefficient (Wildman–Crippen LogP) is 2.74. The van der Waals surface area contributed by atoms with E-state index in [0.29, 0.717) is 6.04 Å². The molecule has 1 N–H and O–H groups in total. The zero-order chi connectivity index (χ0) is 15.8. The number of thioether (sulfide) groups is 1. The van der Waals surface area contributed by atoms with E-state index in [-0.39, 0.29) is 5.75 Å². The van der Waals surface area contributed by atoms with Gasteiger partial charge < -0.3 is 14.6 Å². The molecular formula is C15H27N3O2S. The van der Waals surface area contributed by atoms with Crippen molar-refractivity contribution in [1.29, 1.82) is 0 Å². The molecular weight excluding hydrogens is 286 g/mol. The Morgan fingerprint density at radius 2 is 2.19 bits per heavy atom. The molecule has 0 unspecified atom stereocenters. The Bertz CT molecular complexity index is 446. The van der Waals surface area contributed by atoms with Crippen LogP contribution in [0, 0.1) is 0 Å². The Hall–Kier alpha value is -1.01. The van der Waals surface area contributed by atoms with Gasteiger partial charge in [-0.15, -0.1) is 0 Å². The molecule has 0 aliphatic rings. The van der Waals surface area contributed by atoms with Gasteiger partial charge in [0.2, 0.25) is 0 Å². The number of nitrogens with zero attached hydrogens (tertiary/aromatic N) is 3. The van der Waals surface area contributed by atoms with Crippen molar-refractivity contribution in [3.05, 3.63) is 11.9 Å². The minimum absolute atomic E-state index is 0.0657. The summed E-state index contributed by atoms with van der Waals surface area (Å²) in [5.74, 6) is -0.734. The lowest BCUT2D eigenvalue weighted by Crippen LogP contribution is -2.27. The zero-order valence-electron chi connectivity index (χ0n) is 13.5. The third kappa shape index (κ3) is 6.09. The van der Waals surface area contributed by atoms with Gasteiger partial charge in [0.05, 0.1) is 5.75 Å². The Morgan fingerprint density at radius 1 is 1.48 bits per heavy atom. The summed E-state index contributed by atoms with van der Waals surface area (Å²) in [5.41, 5.74) is 1.18. The quantitative estimate of drug-likeness (QED) is 0.532. The van der Waals surface area contributed by atoms with Crippen LogP contribution in [0.5, 0.6) is 0 Å². The number of hydrogen-bond donors (Lipinski definition) is 1. The van der Waals surface area contributed by atoms with Crippen LogP contribution in [0.3, 0.4) is 0 Å². The van der Waals surface area contributed by atoms with Crippen molar-refractivity contribution in [2.24, 2.45) is 0 Å². The highest BCUT2D eigenvalue weighted by molar-refractivity contribution is 7.99. The third-order valence-corrected chi connectivity index (χ3v) is 4.59. The summed E-state index contributed by atoms with van der Waals surface area (Å²) in [5, 5.41) is 9.62. The van der Waals surface area contributed by atoms with Crippen LogP contribution in [-0.4, -0.2) is 50.9 Å². The first kappa shape index (κ1) is 18.0. The van der Waals surface area contributed by atoms with E-state index >= 15 is 0 Å². The molecule has 0 saturated heterocycles. The van der Waals surface area contributed by atoms with Crippen LogP contribution in [0.25, 0.3) is 0 Å². The Labute approximate surface area is 131 Å². The molecule has 0 fully saturated rings. The van der Waals surface area contributed by atoms with Gasteiger partial charge in [0.1, 0.15) is 0 Å². The maximum atomic E-state index is 10.7. The Morgan fingerprint density at radius 3 is 2.76 bits per heavy atom. The number of imidazole rings is 1. The topological polar surface area (TPSA) is 58.4 Å². The van der Waals surface area contributed by atoms with Gasteiger partial charge in [-0.2, -0.15) is 0 Å². The first-order chi connectivity index (χ1) is 9.95. The standard InChI is InChI=1S/C15H27N3O2S/c1-5-13-10-16-15(21-11-14(19)20)18(13)9-7-6-8-17(4)12(2)3/h10,12H,5-9,11H2,1-4H3,(H,19,20). The van der Waals surface area contributed by atoms with E-state index in [1.54, 1.807) is 0 Å². The minimum atomic E-state index is -0.800. The third-order valence-electron chi connectivity index (χ3n) is 3.61. The van der Waals surface area contributed by atoms with E-state index in [4.69, 9.17) is 5.11 Å². The van der Waals surface area contributed by atoms with Gasteiger partial charge in [-0.05, 0) is 46.7 Å². The fraction of sp³-hybridized carbons (Fsp3) is 0.733. The Balaban J connectivity index is 2.52. The van der Waals surface area contributed by atoms with Gasteiger partial charge in [-0.1, -0.05) is 18.7 Å². The molecule has 1 aromatic rings. The molecule has 1 rings (SSSR count). The fourth-order valence-corrected chi connectivity index (χ4v) is 2.79. The van der Waals surface area contributed by atoms with Crippen molar-refractivity contribution < 1.29 is 9.90 Å². The first-order valence-corrected chi connectivity index (χ1v) is 8.53. The van der Waals surface area contributed by atoms with Crippen LogP contribution in [0.2, 0.25) is 0 Å². The molecule has 0 amide bonds. The van der Waals surface area contributed by atoms with Crippen molar-refractivity contribution in [3.8, 4) is 0 Å². The highest BCUT2D eigenvalue weighted by Crippen LogP contribution is 2.19. The monoisotopic (exact) mass is 313 g/mol. The van der Waals surface area contributed by atoms with Gasteiger partial charge in [-0.25, -0.2) is 4.98 Å². The van der Waals surface area contributed by atoms with E-state index in [1.165, 1.54) is 17.5 Å². The number of unbranched alkanes of at least 4 members (excludes halogenated alkanes) is 1. The van der Waals surface area contributed by atoms with E-state index in [9.17, 15) is 4.79 Å². The molecule has 0 bridgehead atoms. The normalized spacial score (nSPS) is 11.5. The average molecular weight is 313 g/mol. The predicted molar refractivity (Wildman–Crippen MR) is 87.0 cm³/mol. The highest BCUT2D eigenvalue weighted by atomic mass is 32.2. The van der Waals surface area contributed by atoms with Crippen LogP contribution >= 0.6 is 11.8 Å². The molecule has 6 heteroatoms. The van der Waals surface area contributed by atoms with E-state index in [2.05, 4.69) is 42.3 Å². The molecule has 21 heavy (non-hydrogen) atoms. The smallest absolute Gasteiger partial charge is 0.313 e. The Kier molecular flexibility index (Phi) is 7.82. The number of rotatable bonds is 10. The fourth-order valence-electron chi connectivity index (χ4n) is 2.04. The molecule has 0 spiro atoms. The highest BCUT2D eigenvalue weighted by Gasteiger charge is 2.11. The molecule has 120 valence electrons. The van der Waals surface area contributed by atoms with Crippen LogP contribution in [0.15, 0.2) is 11.4 Å². The maximum Gasteiger partial charge on any atom is 0.313 e. The summed E-state index contributed by atoms with van der Waals surface area (Å²) in [6.45, 7) is 8.51. The van der Waals surface area contributed by atoms with Crippen LogP contribution in [0.1, 0.15) is 39.3 Å². The van der Waals surface area contributed by atoms with Gasteiger partial charge in [0, 0.05) is 24.5 Å². The van der Waals surface area contributed by atoms with Gasteiger partial charge >= 0.3 is 5.97 Å². The summed E-state index contributed by atoms with van der Waals surface area (Å²) < 4.78 is 2.17. The second kappa shape index (κ2) is 9.10. The number of carboxylic acids is 1. The summed E-state index contributed by atoms with van der Waals surface area (Å²) >= 11 is 1.30.